The molecule has 0 aliphatic heterocycles. The summed E-state index contributed by atoms with van der Waals surface area (Å²) in [7, 11) is 0. The van der Waals surface area contributed by atoms with Crippen LogP contribution in [0, 0.1) is 6.92 Å². The highest BCUT2D eigenvalue weighted by atomic mass is 14.6. The maximum Gasteiger partial charge on any atom is 0.0304 e. The average molecular weight is 275 g/mol. The summed E-state index contributed by atoms with van der Waals surface area (Å²) in [5.74, 6) is 0. The summed E-state index contributed by atoms with van der Waals surface area (Å²) >= 11 is 0. The molecule has 0 spiro atoms. The van der Waals surface area contributed by atoms with Crippen LogP contribution in [0.3, 0.4) is 0 Å². The summed E-state index contributed by atoms with van der Waals surface area (Å²) in [4.78, 5) is 0. The topological polar surface area (TPSA) is 26.0 Å². The first-order valence-electron chi connectivity index (χ1n) is 7.53. The minimum atomic E-state index is 0.0809. The molecule has 3 rings (SSSR count). The molecule has 21 heavy (non-hydrogen) atoms. The first-order chi connectivity index (χ1) is 10.2. The Balaban J connectivity index is 1.78. The lowest BCUT2D eigenvalue weighted by Crippen LogP contribution is -2.11. The van der Waals surface area contributed by atoms with E-state index in [4.69, 9.17) is 5.73 Å². The number of rotatable bonds is 4. The second-order valence-corrected chi connectivity index (χ2v) is 5.70. The second-order valence-electron chi connectivity index (χ2n) is 5.70. The highest BCUT2D eigenvalue weighted by Crippen LogP contribution is 2.25. The predicted octanol–water partition coefficient (Wildman–Crippen LogP) is 4.78. The van der Waals surface area contributed by atoms with E-state index in [9.17, 15) is 0 Å². The van der Waals surface area contributed by atoms with Crippen LogP contribution >= 0.6 is 0 Å². The van der Waals surface area contributed by atoms with Crippen molar-refractivity contribution in [3.63, 3.8) is 0 Å². The standard InChI is InChI=1S/C20H21N/c1-15-9-11-16(12-10-15)13-14-20(21)19-8-4-6-17-5-2-3-7-18(17)19/h2-12,20H,13-14,21H2,1H3. The number of hydrogen-bond donors (Lipinski definition) is 1. The molecule has 0 saturated carbocycles. The second kappa shape index (κ2) is 6.11. The van der Waals surface area contributed by atoms with Gasteiger partial charge in [0, 0.05) is 6.04 Å². The molecule has 3 aromatic carbocycles. The third-order valence-corrected chi connectivity index (χ3v) is 4.09. The molecule has 1 atom stereocenters. The number of nitrogens with two attached hydrogens (primary N) is 1. The van der Waals surface area contributed by atoms with Crippen molar-refractivity contribution in [3.8, 4) is 0 Å². The van der Waals surface area contributed by atoms with Crippen LogP contribution in [0.25, 0.3) is 10.8 Å². The minimum Gasteiger partial charge on any atom is -0.324 e. The summed E-state index contributed by atoms with van der Waals surface area (Å²) < 4.78 is 0. The monoisotopic (exact) mass is 275 g/mol. The van der Waals surface area contributed by atoms with Crippen LogP contribution in [0.5, 0.6) is 0 Å². The number of aryl methyl sites for hydroxylation is 2. The third kappa shape index (κ3) is 3.14. The Bertz CT molecular complexity index is 723. The third-order valence-electron chi connectivity index (χ3n) is 4.09. The highest BCUT2D eigenvalue weighted by molar-refractivity contribution is 5.86. The zero-order valence-electron chi connectivity index (χ0n) is 12.4. The average Bonchev–Trinajstić information content (AvgIpc) is 2.53. The highest BCUT2D eigenvalue weighted by Gasteiger charge is 2.09. The normalized spacial score (nSPS) is 12.5. The molecule has 0 saturated heterocycles. The molecule has 1 nitrogen and oxygen atoms in total. The molecule has 1 unspecified atom stereocenters. The molecule has 3 aromatic rings. The van der Waals surface area contributed by atoms with Crippen molar-refractivity contribution in [1.82, 2.24) is 0 Å². The summed E-state index contributed by atoms with van der Waals surface area (Å²) in [5.41, 5.74) is 10.3. The van der Waals surface area contributed by atoms with Gasteiger partial charge in [-0.3, -0.25) is 0 Å². The smallest absolute Gasteiger partial charge is 0.0304 e. The van der Waals surface area contributed by atoms with Crippen LogP contribution in [0.1, 0.15) is 29.2 Å². The minimum absolute atomic E-state index is 0.0809. The van der Waals surface area contributed by atoms with Crippen molar-refractivity contribution in [2.45, 2.75) is 25.8 Å². The summed E-state index contributed by atoms with van der Waals surface area (Å²) in [6.45, 7) is 2.12. The Kier molecular flexibility index (Phi) is 4.03. The number of hydrogen-bond acceptors (Lipinski definition) is 1. The van der Waals surface area contributed by atoms with E-state index < -0.39 is 0 Å². The van der Waals surface area contributed by atoms with Gasteiger partial charge in [0.05, 0.1) is 0 Å². The van der Waals surface area contributed by atoms with Crippen molar-refractivity contribution >= 4 is 10.8 Å². The quantitative estimate of drug-likeness (QED) is 0.728. The fraction of sp³-hybridized carbons (Fsp3) is 0.200. The maximum absolute atomic E-state index is 6.44. The van der Waals surface area contributed by atoms with Gasteiger partial charge in [-0.25, -0.2) is 0 Å². The fourth-order valence-corrected chi connectivity index (χ4v) is 2.81. The van der Waals surface area contributed by atoms with Crippen LogP contribution in [0.4, 0.5) is 0 Å². The Morgan fingerprint density at radius 3 is 2.38 bits per heavy atom. The van der Waals surface area contributed by atoms with Crippen LogP contribution in [0.15, 0.2) is 66.7 Å². The van der Waals surface area contributed by atoms with Gasteiger partial charge in [-0.05, 0) is 41.7 Å². The maximum atomic E-state index is 6.44. The molecule has 0 aromatic heterocycles. The molecule has 0 fully saturated rings. The van der Waals surface area contributed by atoms with Crippen LogP contribution in [-0.4, -0.2) is 0 Å². The van der Waals surface area contributed by atoms with E-state index in [1.807, 2.05) is 0 Å². The van der Waals surface area contributed by atoms with E-state index in [-0.39, 0.29) is 6.04 Å². The van der Waals surface area contributed by atoms with Gasteiger partial charge in [0.2, 0.25) is 0 Å². The molecular weight excluding hydrogens is 254 g/mol. The Morgan fingerprint density at radius 2 is 1.57 bits per heavy atom. The van der Waals surface area contributed by atoms with Gasteiger partial charge < -0.3 is 5.73 Å². The zero-order valence-corrected chi connectivity index (χ0v) is 12.4. The van der Waals surface area contributed by atoms with E-state index in [1.54, 1.807) is 0 Å². The van der Waals surface area contributed by atoms with Crippen molar-refractivity contribution in [1.29, 1.82) is 0 Å². The van der Waals surface area contributed by atoms with E-state index in [0.29, 0.717) is 0 Å². The van der Waals surface area contributed by atoms with Crippen LogP contribution < -0.4 is 5.73 Å². The van der Waals surface area contributed by atoms with Crippen molar-refractivity contribution in [2.75, 3.05) is 0 Å². The SMILES string of the molecule is Cc1ccc(CCC(N)c2cccc3ccccc23)cc1. The van der Waals surface area contributed by atoms with Gasteiger partial charge in [-0.15, -0.1) is 0 Å². The largest absolute Gasteiger partial charge is 0.324 e. The summed E-state index contributed by atoms with van der Waals surface area (Å²) in [5, 5.41) is 2.54. The molecule has 0 aliphatic rings. The molecule has 1 heteroatoms. The van der Waals surface area contributed by atoms with Crippen molar-refractivity contribution in [2.24, 2.45) is 5.73 Å². The number of fused-ring (bicyclic) bond motifs is 1. The molecular formula is C20H21N. The lowest BCUT2D eigenvalue weighted by molar-refractivity contribution is 0.656. The van der Waals surface area contributed by atoms with Gasteiger partial charge in [-0.1, -0.05) is 72.3 Å². The lowest BCUT2D eigenvalue weighted by Gasteiger charge is -2.15. The van der Waals surface area contributed by atoms with Gasteiger partial charge in [0.1, 0.15) is 0 Å². The Morgan fingerprint density at radius 1 is 0.857 bits per heavy atom. The molecule has 0 radical (unpaired) electrons. The molecule has 106 valence electrons. The van der Waals surface area contributed by atoms with E-state index in [1.165, 1.54) is 27.5 Å². The van der Waals surface area contributed by atoms with E-state index in [2.05, 4.69) is 73.7 Å². The van der Waals surface area contributed by atoms with E-state index in [0.717, 1.165) is 12.8 Å². The predicted molar refractivity (Wildman–Crippen MR) is 90.4 cm³/mol. The van der Waals surface area contributed by atoms with Crippen LogP contribution in [0.2, 0.25) is 0 Å². The van der Waals surface area contributed by atoms with Crippen molar-refractivity contribution in [3.05, 3.63) is 83.4 Å². The zero-order chi connectivity index (χ0) is 14.7. The molecule has 0 heterocycles. The Labute approximate surface area is 126 Å². The van der Waals surface area contributed by atoms with Gasteiger partial charge in [-0.2, -0.15) is 0 Å². The van der Waals surface area contributed by atoms with Crippen molar-refractivity contribution < 1.29 is 0 Å². The summed E-state index contributed by atoms with van der Waals surface area (Å²) in [6, 6.07) is 23.7. The molecule has 2 N–H and O–H groups in total. The van der Waals surface area contributed by atoms with Gasteiger partial charge >= 0.3 is 0 Å². The van der Waals surface area contributed by atoms with E-state index >= 15 is 0 Å². The Hall–Kier alpha value is -2.12. The van der Waals surface area contributed by atoms with Gasteiger partial charge in [0.25, 0.3) is 0 Å². The van der Waals surface area contributed by atoms with Gasteiger partial charge in [0.15, 0.2) is 0 Å². The summed E-state index contributed by atoms with van der Waals surface area (Å²) in [6.07, 6.45) is 1.99. The number of benzene rings is 3. The molecule has 0 bridgehead atoms. The fourth-order valence-electron chi connectivity index (χ4n) is 2.81. The molecule has 0 aliphatic carbocycles. The lowest BCUT2D eigenvalue weighted by atomic mass is 9.95. The molecule has 0 amide bonds. The van der Waals surface area contributed by atoms with Crippen LogP contribution in [-0.2, 0) is 6.42 Å². The first-order valence-corrected chi connectivity index (χ1v) is 7.53. The first kappa shape index (κ1) is 13.8.